The summed E-state index contributed by atoms with van der Waals surface area (Å²) in [6, 6.07) is 8.22. The highest BCUT2D eigenvalue weighted by molar-refractivity contribution is 6.31. The highest BCUT2D eigenvalue weighted by Gasteiger charge is 2.18. The van der Waals surface area contributed by atoms with E-state index in [0.29, 0.717) is 11.0 Å². The number of aromatic nitrogens is 1. The molecule has 0 saturated carbocycles. The van der Waals surface area contributed by atoms with Crippen molar-refractivity contribution < 1.29 is 0 Å². The van der Waals surface area contributed by atoms with E-state index in [9.17, 15) is 0 Å². The van der Waals surface area contributed by atoms with Crippen molar-refractivity contribution in [3.05, 3.63) is 40.5 Å². The lowest BCUT2D eigenvalue weighted by molar-refractivity contribution is 0.594. The minimum Gasteiger partial charge on any atom is -0.235 e. The van der Waals surface area contributed by atoms with Gasteiger partial charge >= 0.3 is 0 Å². The number of pyridine rings is 1. The number of para-hydroxylation sites is 1. The SMILES string of the molecule is CC(C)(C)c1cccc2cc(CCl)c(Cl)nc12. The zero-order valence-corrected chi connectivity index (χ0v) is 11.7. The third-order valence-corrected chi connectivity index (χ3v) is 3.44. The molecule has 0 fully saturated rings. The molecule has 0 amide bonds. The van der Waals surface area contributed by atoms with Crippen molar-refractivity contribution in [1.29, 1.82) is 0 Å². The first-order valence-electron chi connectivity index (χ1n) is 5.58. The van der Waals surface area contributed by atoms with Crippen LogP contribution in [0.3, 0.4) is 0 Å². The Kier molecular flexibility index (Phi) is 3.33. The smallest absolute Gasteiger partial charge is 0.134 e. The molecule has 90 valence electrons. The summed E-state index contributed by atoms with van der Waals surface area (Å²) in [5.41, 5.74) is 3.11. The van der Waals surface area contributed by atoms with Crippen molar-refractivity contribution in [3.8, 4) is 0 Å². The van der Waals surface area contributed by atoms with Gasteiger partial charge in [-0.05, 0) is 17.0 Å². The van der Waals surface area contributed by atoms with E-state index >= 15 is 0 Å². The van der Waals surface area contributed by atoms with E-state index in [4.69, 9.17) is 23.2 Å². The molecule has 0 bridgehead atoms. The van der Waals surface area contributed by atoms with Crippen molar-refractivity contribution in [3.63, 3.8) is 0 Å². The fourth-order valence-corrected chi connectivity index (χ4v) is 2.40. The molecule has 1 aromatic heterocycles. The second-order valence-electron chi connectivity index (χ2n) is 5.20. The lowest BCUT2D eigenvalue weighted by Crippen LogP contribution is -2.12. The summed E-state index contributed by atoms with van der Waals surface area (Å²) < 4.78 is 0. The van der Waals surface area contributed by atoms with E-state index in [1.54, 1.807) is 0 Å². The molecule has 1 nitrogen and oxygen atoms in total. The van der Waals surface area contributed by atoms with Gasteiger partial charge in [-0.3, -0.25) is 0 Å². The van der Waals surface area contributed by atoms with E-state index in [0.717, 1.165) is 16.5 Å². The Bertz CT molecular complexity index is 556. The van der Waals surface area contributed by atoms with Crippen LogP contribution in [0.2, 0.25) is 5.15 Å². The molecule has 1 heterocycles. The van der Waals surface area contributed by atoms with Crippen LogP contribution in [0.15, 0.2) is 24.3 Å². The van der Waals surface area contributed by atoms with Gasteiger partial charge in [0, 0.05) is 10.9 Å². The molecule has 0 N–H and O–H groups in total. The highest BCUT2D eigenvalue weighted by Crippen LogP contribution is 2.31. The quantitative estimate of drug-likeness (QED) is 0.528. The third kappa shape index (κ3) is 2.41. The lowest BCUT2D eigenvalue weighted by Gasteiger charge is -2.21. The fraction of sp³-hybridized carbons (Fsp3) is 0.357. The van der Waals surface area contributed by atoms with Crippen molar-refractivity contribution in [1.82, 2.24) is 4.98 Å². The molecule has 0 aliphatic heterocycles. The van der Waals surface area contributed by atoms with Crippen LogP contribution in [0.4, 0.5) is 0 Å². The predicted molar refractivity (Wildman–Crippen MR) is 75.0 cm³/mol. The average molecular weight is 268 g/mol. The van der Waals surface area contributed by atoms with Gasteiger partial charge in [-0.2, -0.15) is 0 Å². The second kappa shape index (κ2) is 4.47. The van der Waals surface area contributed by atoms with E-state index in [2.05, 4.69) is 37.9 Å². The Morgan fingerprint density at radius 2 is 1.94 bits per heavy atom. The molecule has 0 saturated heterocycles. The van der Waals surface area contributed by atoms with Gasteiger partial charge in [-0.15, -0.1) is 11.6 Å². The van der Waals surface area contributed by atoms with Crippen molar-refractivity contribution in [2.45, 2.75) is 32.1 Å². The summed E-state index contributed by atoms with van der Waals surface area (Å²) in [4.78, 5) is 4.49. The zero-order valence-electron chi connectivity index (χ0n) is 10.2. The molecule has 1 aromatic carbocycles. The molecule has 3 heteroatoms. The van der Waals surface area contributed by atoms with E-state index in [-0.39, 0.29) is 5.41 Å². The molecule has 17 heavy (non-hydrogen) atoms. The molecule has 2 rings (SSSR count). The summed E-state index contributed by atoms with van der Waals surface area (Å²) in [6.07, 6.45) is 0. The maximum absolute atomic E-state index is 6.13. The largest absolute Gasteiger partial charge is 0.235 e. The fourth-order valence-electron chi connectivity index (χ4n) is 1.92. The predicted octanol–water partition coefficient (Wildman–Crippen LogP) is 4.92. The van der Waals surface area contributed by atoms with Crippen LogP contribution in [0.5, 0.6) is 0 Å². The molecule has 0 radical (unpaired) electrons. The normalized spacial score (nSPS) is 12.1. The number of hydrogen-bond donors (Lipinski definition) is 0. The summed E-state index contributed by atoms with van der Waals surface area (Å²) in [6.45, 7) is 6.52. The summed E-state index contributed by atoms with van der Waals surface area (Å²) >= 11 is 12.0. The Hall–Kier alpha value is -0.790. The van der Waals surface area contributed by atoms with Crippen LogP contribution in [0.1, 0.15) is 31.9 Å². The molecular formula is C14H15Cl2N. The molecule has 0 unspecified atom stereocenters. The second-order valence-corrected chi connectivity index (χ2v) is 5.82. The number of rotatable bonds is 1. The number of nitrogens with zero attached hydrogens (tertiary/aromatic N) is 1. The lowest BCUT2D eigenvalue weighted by atomic mass is 9.85. The first-order valence-corrected chi connectivity index (χ1v) is 6.49. The Morgan fingerprint density at radius 3 is 2.53 bits per heavy atom. The molecule has 0 aliphatic rings. The first-order chi connectivity index (χ1) is 7.93. The standard InChI is InChI=1S/C14H15Cl2N/c1-14(2,3)11-6-4-5-9-7-10(8-15)13(16)17-12(9)11/h4-7H,8H2,1-3H3. The van der Waals surface area contributed by atoms with Crippen molar-refractivity contribution in [2.75, 3.05) is 0 Å². The van der Waals surface area contributed by atoms with Gasteiger partial charge in [0.1, 0.15) is 5.15 Å². The van der Waals surface area contributed by atoms with E-state index < -0.39 is 0 Å². The molecule has 0 spiro atoms. The number of alkyl halides is 1. The molecule has 2 aromatic rings. The van der Waals surface area contributed by atoms with Crippen LogP contribution in [0.25, 0.3) is 10.9 Å². The van der Waals surface area contributed by atoms with Crippen LogP contribution in [0, 0.1) is 0 Å². The Labute approximate surface area is 112 Å². The maximum atomic E-state index is 6.13. The zero-order chi connectivity index (χ0) is 12.6. The van der Waals surface area contributed by atoms with Crippen LogP contribution < -0.4 is 0 Å². The van der Waals surface area contributed by atoms with Gasteiger partial charge in [0.05, 0.1) is 11.4 Å². The van der Waals surface area contributed by atoms with E-state index in [1.165, 1.54) is 5.56 Å². The number of benzene rings is 1. The molecule has 0 aliphatic carbocycles. The summed E-state index contributed by atoms with van der Waals surface area (Å²) in [7, 11) is 0. The minimum absolute atomic E-state index is 0.0539. The first kappa shape index (κ1) is 12.7. The Morgan fingerprint density at radius 1 is 1.24 bits per heavy atom. The van der Waals surface area contributed by atoms with Crippen LogP contribution in [-0.4, -0.2) is 4.98 Å². The number of fused-ring (bicyclic) bond motifs is 1. The van der Waals surface area contributed by atoms with Gasteiger partial charge in [0.2, 0.25) is 0 Å². The van der Waals surface area contributed by atoms with Crippen LogP contribution >= 0.6 is 23.2 Å². The molecular weight excluding hydrogens is 253 g/mol. The average Bonchev–Trinajstić information content (AvgIpc) is 2.26. The highest BCUT2D eigenvalue weighted by atomic mass is 35.5. The maximum Gasteiger partial charge on any atom is 0.134 e. The van der Waals surface area contributed by atoms with Gasteiger partial charge in [-0.25, -0.2) is 4.98 Å². The summed E-state index contributed by atoms with van der Waals surface area (Å²) in [5, 5.41) is 1.60. The van der Waals surface area contributed by atoms with E-state index in [1.807, 2.05) is 12.1 Å². The summed E-state index contributed by atoms with van der Waals surface area (Å²) in [5.74, 6) is 0.390. The Balaban J connectivity index is 2.78. The molecule has 0 atom stereocenters. The van der Waals surface area contributed by atoms with Crippen molar-refractivity contribution >= 4 is 34.1 Å². The number of hydrogen-bond acceptors (Lipinski definition) is 1. The topological polar surface area (TPSA) is 12.9 Å². The van der Waals surface area contributed by atoms with Gasteiger partial charge in [0.15, 0.2) is 0 Å². The van der Waals surface area contributed by atoms with Gasteiger partial charge in [0.25, 0.3) is 0 Å². The van der Waals surface area contributed by atoms with Gasteiger partial charge in [-0.1, -0.05) is 50.6 Å². The number of halogens is 2. The monoisotopic (exact) mass is 267 g/mol. The van der Waals surface area contributed by atoms with Gasteiger partial charge < -0.3 is 0 Å². The third-order valence-electron chi connectivity index (χ3n) is 2.82. The van der Waals surface area contributed by atoms with Crippen molar-refractivity contribution in [2.24, 2.45) is 0 Å². The van der Waals surface area contributed by atoms with Crippen LogP contribution in [-0.2, 0) is 11.3 Å². The minimum atomic E-state index is 0.0539.